The maximum atomic E-state index is 11.5. The second-order valence-corrected chi connectivity index (χ2v) is 7.42. The summed E-state index contributed by atoms with van der Waals surface area (Å²) in [5.74, 6) is 0. The summed E-state index contributed by atoms with van der Waals surface area (Å²) < 4.78 is 21.3. The standard InChI is InChI=1S/C11H15ClO3S/c1-8-6-4-5-7-9(8)10(13)11(2,12)16(3,14)15/h4-7,10,13H,1-3H3/t10-,11-/m0/s1. The summed E-state index contributed by atoms with van der Waals surface area (Å²) in [6.45, 7) is 3.11. The summed E-state index contributed by atoms with van der Waals surface area (Å²) in [4.78, 5) is 0. The number of aliphatic hydroxyl groups is 1. The molecule has 3 nitrogen and oxygen atoms in total. The van der Waals surface area contributed by atoms with E-state index < -0.39 is 20.1 Å². The van der Waals surface area contributed by atoms with Gasteiger partial charge < -0.3 is 5.11 Å². The van der Waals surface area contributed by atoms with Crippen molar-refractivity contribution < 1.29 is 13.5 Å². The van der Waals surface area contributed by atoms with E-state index in [0.29, 0.717) is 5.56 Å². The van der Waals surface area contributed by atoms with Crippen LogP contribution in [0.4, 0.5) is 0 Å². The number of alkyl halides is 1. The van der Waals surface area contributed by atoms with Gasteiger partial charge in [0.25, 0.3) is 0 Å². The molecule has 1 N–H and O–H groups in total. The Morgan fingerprint density at radius 3 is 2.31 bits per heavy atom. The summed E-state index contributed by atoms with van der Waals surface area (Å²) in [5.41, 5.74) is 1.34. The molecule has 0 aliphatic rings. The van der Waals surface area contributed by atoms with Crippen LogP contribution in [-0.4, -0.2) is 24.0 Å². The lowest BCUT2D eigenvalue weighted by atomic mass is 10.0. The summed E-state index contributed by atoms with van der Waals surface area (Å²) in [6, 6.07) is 7.03. The molecule has 1 rings (SSSR count). The van der Waals surface area contributed by atoms with Crippen LogP contribution in [0.1, 0.15) is 24.2 Å². The molecular formula is C11H15ClO3S. The van der Waals surface area contributed by atoms with Crippen LogP contribution in [0.15, 0.2) is 24.3 Å². The first kappa shape index (κ1) is 13.5. The number of aryl methyl sites for hydroxylation is 1. The van der Waals surface area contributed by atoms with E-state index in [4.69, 9.17) is 11.6 Å². The van der Waals surface area contributed by atoms with Crippen LogP contribution in [0.5, 0.6) is 0 Å². The maximum Gasteiger partial charge on any atom is 0.172 e. The number of sulfone groups is 1. The van der Waals surface area contributed by atoms with Crippen LogP contribution < -0.4 is 0 Å². The summed E-state index contributed by atoms with van der Waals surface area (Å²) in [7, 11) is -3.55. The first-order chi connectivity index (χ1) is 7.18. The Morgan fingerprint density at radius 1 is 1.38 bits per heavy atom. The van der Waals surface area contributed by atoms with Crippen molar-refractivity contribution in [3.63, 3.8) is 0 Å². The highest BCUT2D eigenvalue weighted by Gasteiger charge is 2.42. The first-order valence-electron chi connectivity index (χ1n) is 4.80. The van der Waals surface area contributed by atoms with Crippen LogP contribution in [0.2, 0.25) is 0 Å². The van der Waals surface area contributed by atoms with Gasteiger partial charge in [0.15, 0.2) is 14.0 Å². The molecule has 2 atom stereocenters. The third kappa shape index (κ3) is 2.39. The van der Waals surface area contributed by atoms with Gasteiger partial charge in [-0.1, -0.05) is 35.9 Å². The van der Waals surface area contributed by atoms with E-state index in [0.717, 1.165) is 11.8 Å². The summed E-state index contributed by atoms with van der Waals surface area (Å²) in [5, 5.41) is 10.1. The van der Waals surface area contributed by atoms with E-state index >= 15 is 0 Å². The van der Waals surface area contributed by atoms with Crippen LogP contribution in [0.25, 0.3) is 0 Å². The van der Waals surface area contributed by atoms with Gasteiger partial charge in [-0.15, -0.1) is 0 Å². The monoisotopic (exact) mass is 262 g/mol. The van der Waals surface area contributed by atoms with Gasteiger partial charge in [-0.05, 0) is 25.0 Å². The molecule has 0 saturated carbocycles. The van der Waals surface area contributed by atoms with Crippen molar-refractivity contribution in [2.45, 2.75) is 24.2 Å². The Morgan fingerprint density at radius 2 is 1.88 bits per heavy atom. The molecule has 0 heterocycles. The number of benzene rings is 1. The van der Waals surface area contributed by atoms with Crippen LogP contribution in [0, 0.1) is 6.92 Å². The Labute approximate surface area is 101 Å². The SMILES string of the molecule is Cc1ccccc1[C@H](O)[C@@](C)(Cl)S(C)(=O)=O. The van der Waals surface area contributed by atoms with E-state index in [1.165, 1.54) is 6.92 Å². The molecular weight excluding hydrogens is 248 g/mol. The molecule has 16 heavy (non-hydrogen) atoms. The van der Waals surface area contributed by atoms with Gasteiger partial charge >= 0.3 is 0 Å². The molecule has 0 radical (unpaired) electrons. The molecule has 0 saturated heterocycles. The topological polar surface area (TPSA) is 54.4 Å². The zero-order chi connectivity index (χ0) is 12.6. The smallest absolute Gasteiger partial charge is 0.172 e. The van der Waals surface area contributed by atoms with Gasteiger partial charge in [0.2, 0.25) is 0 Å². The molecule has 5 heteroatoms. The average molecular weight is 263 g/mol. The fourth-order valence-electron chi connectivity index (χ4n) is 1.37. The van der Waals surface area contributed by atoms with Gasteiger partial charge in [-0.3, -0.25) is 0 Å². The van der Waals surface area contributed by atoms with E-state index in [1.807, 2.05) is 6.07 Å². The average Bonchev–Trinajstić information content (AvgIpc) is 2.15. The minimum Gasteiger partial charge on any atom is -0.385 e. The van der Waals surface area contributed by atoms with Crippen molar-refractivity contribution in [2.24, 2.45) is 0 Å². The van der Waals surface area contributed by atoms with Gasteiger partial charge in [-0.2, -0.15) is 0 Å². The number of hydrogen-bond donors (Lipinski definition) is 1. The predicted molar refractivity (Wildman–Crippen MR) is 65.2 cm³/mol. The quantitative estimate of drug-likeness (QED) is 0.848. The maximum absolute atomic E-state index is 11.5. The van der Waals surface area contributed by atoms with Crippen molar-refractivity contribution in [2.75, 3.05) is 6.26 Å². The molecule has 1 aromatic carbocycles. The minimum absolute atomic E-state index is 0.533. The number of aliphatic hydroxyl groups excluding tert-OH is 1. The van der Waals surface area contributed by atoms with Crippen molar-refractivity contribution in [1.29, 1.82) is 0 Å². The normalized spacial score (nSPS) is 17.8. The highest BCUT2D eigenvalue weighted by molar-refractivity contribution is 7.93. The van der Waals surface area contributed by atoms with Crippen molar-refractivity contribution in [3.8, 4) is 0 Å². The third-order valence-electron chi connectivity index (χ3n) is 2.70. The second kappa shape index (κ2) is 4.35. The number of rotatable bonds is 3. The van der Waals surface area contributed by atoms with E-state index in [1.54, 1.807) is 25.1 Å². The van der Waals surface area contributed by atoms with Gasteiger partial charge in [0, 0.05) is 6.26 Å². The molecule has 0 aliphatic heterocycles. The Hall–Kier alpha value is -0.580. The van der Waals surface area contributed by atoms with E-state index in [9.17, 15) is 13.5 Å². The highest BCUT2D eigenvalue weighted by atomic mass is 35.5. The molecule has 0 aromatic heterocycles. The van der Waals surface area contributed by atoms with Crippen LogP contribution in [-0.2, 0) is 9.84 Å². The highest BCUT2D eigenvalue weighted by Crippen LogP contribution is 2.37. The minimum atomic E-state index is -3.55. The Balaban J connectivity index is 3.23. The molecule has 0 aliphatic carbocycles. The molecule has 0 amide bonds. The number of hydrogen-bond acceptors (Lipinski definition) is 3. The fourth-order valence-corrected chi connectivity index (χ4v) is 2.02. The zero-order valence-corrected chi connectivity index (χ0v) is 11.0. The predicted octanol–water partition coefficient (Wildman–Crippen LogP) is 2.03. The lowest BCUT2D eigenvalue weighted by Crippen LogP contribution is -2.35. The van der Waals surface area contributed by atoms with E-state index in [-0.39, 0.29) is 0 Å². The van der Waals surface area contributed by atoms with Gasteiger partial charge in [-0.25, -0.2) is 8.42 Å². The third-order valence-corrected chi connectivity index (χ3v) is 5.42. The van der Waals surface area contributed by atoms with Crippen molar-refractivity contribution in [1.82, 2.24) is 0 Å². The van der Waals surface area contributed by atoms with E-state index in [2.05, 4.69) is 0 Å². The van der Waals surface area contributed by atoms with Crippen LogP contribution in [0.3, 0.4) is 0 Å². The molecule has 0 spiro atoms. The van der Waals surface area contributed by atoms with Crippen LogP contribution >= 0.6 is 11.6 Å². The largest absolute Gasteiger partial charge is 0.385 e. The van der Waals surface area contributed by atoms with Crippen molar-refractivity contribution in [3.05, 3.63) is 35.4 Å². The van der Waals surface area contributed by atoms with Crippen molar-refractivity contribution >= 4 is 21.4 Å². The van der Waals surface area contributed by atoms with Gasteiger partial charge in [0.1, 0.15) is 6.10 Å². The Kier molecular flexibility index (Phi) is 3.67. The van der Waals surface area contributed by atoms with Gasteiger partial charge in [0.05, 0.1) is 0 Å². The Bertz CT molecular complexity index is 480. The molecule has 1 aromatic rings. The molecule has 0 unspecified atom stereocenters. The molecule has 0 bridgehead atoms. The lowest BCUT2D eigenvalue weighted by Gasteiger charge is -2.27. The fraction of sp³-hybridized carbons (Fsp3) is 0.455. The second-order valence-electron chi connectivity index (χ2n) is 4.02. The lowest BCUT2D eigenvalue weighted by molar-refractivity contribution is 0.162. The summed E-state index contributed by atoms with van der Waals surface area (Å²) in [6.07, 6.45) is -0.230. The summed E-state index contributed by atoms with van der Waals surface area (Å²) >= 11 is 5.93. The molecule has 90 valence electrons. The molecule has 0 fully saturated rings. The number of halogens is 1. The zero-order valence-electron chi connectivity index (χ0n) is 9.44. The first-order valence-corrected chi connectivity index (χ1v) is 7.07.